The van der Waals surface area contributed by atoms with Crippen molar-refractivity contribution in [3.63, 3.8) is 0 Å². The van der Waals surface area contributed by atoms with Gasteiger partial charge in [0, 0.05) is 17.3 Å². The molecule has 1 unspecified atom stereocenters. The average molecular weight is 383 g/mol. The summed E-state index contributed by atoms with van der Waals surface area (Å²) in [5.41, 5.74) is 0.850. The predicted octanol–water partition coefficient (Wildman–Crippen LogP) is 5.14. The molecule has 7 heteroatoms. The Morgan fingerprint density at radius 2 is 1.96 bits per heavy atom. The Morgan fingerprint density at radius 1 is 1.23 bits per heavy atom. The molecule has 2 aromatic rings. The number of benzene rings is 2. The third-order valence-electron chi connectivity index (χ3n) is 4.54. The van der Waals surface area contributed by atoms with E-state index >= 15 is 0 Å². The summed E-state index contributed by atoms with van der Waals surface area (Å²) >= 11 is 5.68. The minimum Gasteiger partial charge on any atom is -0.360 e. The lowest BCUT2D eigenvalue weighted by atomic mass is 10.00. The molecule has 0 aromatic heterocycles. The number of nitrogens with one attached hydrogen (secondary N) is 1. The Bertz CT molecular complexity index is 823. The summed E-state index contributed by atoms with van der Waals surface area (Å²) in [6, 6.07) is 10.5. The fourth-order valence-electron chi connectivity index (χ4n) is 3.20. The number of halogens is 4. The van der Waals surface area contributed by atoms with E-state index in [1.807, 2.05) is 29.2 Å². The number of carbonyl (C=O) groups is 1. The van der Waals surface area contributed by atoms with Crippen LogP contribution in [0.4, 0.5) is 24.5 Å². The van der Waals surface area contributed by atoms with Crippen LogP contribution in [0.5, 0.6) is 0 Å². The quantitative estimate of drug-likeness (QED) is 0.797. The highest BCUT2D eigenvalue weighted by atomic mass is 35.5. The molecule has 1 N–H and O–H groups in total. The zero-order chi connectivity index (χ0) is 18.9. The molecule has 2 aromatic carbocycles. The van der Waals surface area contributed by atoms with Crippen LogP contribution in [0.25, 0.3) is 0 Å². The van der Waals surface area contributed by atoms with Crippen molar-refractivity contribution in [3.05, 3.63) is 58.6 Å². The first-order valence-corrected chi connectivity index (χ1v) is 8.67. The van der Waals surface area contributed by atoms with Gasteiger partial charge in [-0.3, -0.25) is 4.79 Å². The van der Waals surface area contributed by atoms with E-state index in [1.54, 1.807) is 6.92 Å². The van der Waals surface area contributed by atoms with Crippen molar-refractivity contribution < 1.29 is 18.0 Å². The number of hydrogen-bond donors (Lipinski definition) is 1. The number of aryl methyl sites for hydroxylation is 1. The summed E-state index contributed by atoms with van der Waals surface area (Å²) in [5, 5.41) is 2.38. The zero-order valence-electron chi connectivity index (χ0n) is 14.1. The standard InChI is InChI=1S/C19H18ClF3N2O/c1-12(25-10-4-6-13-5-2-3-7-17(13)25)18(26)24-16-9-8-14(20)11-15(16)19(21,22)23/h2-3,5,7-9,11-12H,4,6,10H2,1H3,(H,24,26). The van der Waals surface area contributed by atoms with Gasteiger partial charge in [-0.05, 0) is 49.6 Å². The highest BCUT2D eigenvalue weighted by molar-refractivity contribution is 6.30. The van der Waals surface area contributed by atoms with Crippen LogP contribution < -0.4 is 10.2 Å². The molecule has 1 atom stereocenters. The predicted molar refractivity (Wildman–Crippen MR) is 96.7 cm³/mol. The molecule has 138 valence electrons. The largest absolute Gasteiger partial charge is 0.418 e. The van der Waals surface area contributed by atoms with Crippen LogP contribution in [0.3, 0.4) is 0 Å². The van der Waals surface area contributed by atoms with E-state index in [0.29, 0.717) is 6.54 Å². The molecule has 3 rings (SSSR count). The maximum absolute atomic E-state index is 13.2. The van der Waals surface area contributed by atoms with E-state index in [-0.39, 0.29) is 10.7 Å². The van der Waals surface area contributed by atoms with Crippen molar-refractivity contribution in [2.75, 3.05) is 16.8 Å². The minimum atomic E-state index is -4.60. The third kappa shape index (κ3) is 3.80. The Hall–Kier alpha value is -2.21. The third-order valence-corrected chi connectivity index (χ3v) is 4.77. The van der Waals surface area contributed by atoms with E-state index in [1.165, 1.54) is 12.1 Å². The Kier molecular flexibility index (Phi) is 5.14. The van der Waals surface area contributed by atoms with Gasteiger partial charge in [-0.2, -0.15) is 13.2 Å². The number of para-hydroxylation sites is 1. The van der Waals surface area contributed by atoms with Crippen LogP contribution in [0.1, 0.15) is 24.5 Å². The average Bonchev–Trinajstić information content (AvgIpc) is 2.61. The lowest BCUT2D eigenvalue weighted by molar-refractivity contribution is -0.137. The monoisotopic (exact) mass is 382 g/mol. The first-order chi connectivity index (χ1) is 12.3. The highest BCUT2D eigenvalue weighted by Gasteiger charge is 2.35. The first-order valence-electron chi connectivity index (χ1n) is 8.29. The summed E-state index contributed by atoms with van der Waals surface area (Å²) in [4.78, 5) is 14.6. The fourth-order valence-corrected chi connectivity index (χ4v) is 3.38. The number of hydrogen-bond acceptors (Lipinski definition) is 2. The molecule has 0 spiro atoms. The van der Waals surface area contributed by atoms with E-state index in [4.69, 9.17) is 11.6 Å². The number of carbonyl (C=O) groups excluding carboxylic acids is 1. The second kappa shape index (κ2) is 7.19. The molecule has 3 nitrogen and oxygen atoms in total. The number of nitrogens with zero attached hydrogens (tertiary/aromatic N) is 1. The van der Waals surface area contributed by atoms with Crippen molar-refractivity contribution in [1.82, 2.24) is 0 Å². The molecular formula is C19H18ClF3N2O. The van der Waals surface area contributed by atoms with Crippen LogP contribution in [0.15, 0.2) is 42.5 Å². The minimum absolute atomic E-state index is 0.0340. The molecule has 0 saturated heterocycles. The van der Waals surface area contributed by atoms with Crippen LogP contribution in [0.2, 0.25) is 5.02 Å². The van der Waals surface area contributed by atoms with E-state index in [0.717, 1.165) is 30.2 Å². The van der Waals surface area contributed by atoms with Gasteiger partial charge in [0.05, 0.1) is 11.3 Å². The van der Waals surface area contributed by atoms with Gasteiger partial charge in [-0.1, -0.05) is 29.8 Å². The Labute approximate surface area is 154 Å². The van der Waals surface area contributed by atoms with Gasteiger partial charge in [-0.25, -0.2) is 0 Å². The molecule has 0 fully saturated rings. The van der Waals surface area contributed by atoms with Crippen LogP contribution in [-0.2, 0) is 17.4 Å². The normalized spacial score (nSPS) is 15.3. The van der Waals surface area contributed by atoms with Crippen LogP contribution >= 0.6 is 11.6 Å². The number of fused-ring (bicyclic) bond motifs is 1. The Morgan fingerprint density at radius 3 is 2.69 bits per heavy atom. The van der Waals surface area contributed by atoms with Crippen molar-refractivity contribution in [2.24, 2.45) is 0 Å². The SMILES string of the molecule is CC(C(=O)Nc1ccc(Cl)cc1C(F)(F)F)N1CCCc2ccccc21. The molecule has 0 aliphatic carbocycles. The second-order valence-electron chi connectivity index (χ2n) is 6.28. The van der Waals surface area contributed by atoms with Gasteiger partial charge in [0.25, 0.3) is 0 Å². The van der Waals surface area contributed by atoms with Gasteiger partial charge < -0.3 is 10.2 Å². The van der Waals surface area contributed by atoms with Crippen molar-refractivity contribution in [3.8, 4) is 0 Å². The van der Waals surface area contributed by atoms with Crippen LogP contribution in [-0.4, -0.2) is 18.5 Å². The number of amides is 1. The van der Waals surface area contributed by atoms with Crippen molar-refractivity contribution >= 4 is 28.9 Å². The lowest BCUT2D eigenvalue weighted by Gasteiger charge is -2.35. The van der Waals surface area contributed by atoms with Crippen molar-refractivity contribution in [1.29, 1.82) is 0 Å². The van der Waals surface area contributed by atoms with E-state index in [9.17, 15) is 18.0 Å². The molecule has 26 heavy (non-hydrogen) atoms. The topological polar surface area (TPSA) is 32.3 Å². The zero-order valence-corrected chi connectivity index (χ0v) is 14.9. The van der Waals surface area contributed by atoms with E-state index < -0.39 is 23.7 Å². The number of alkyl halides is 3. The fraction of sp³-hybridized carbons (Fsp3) is 0.316. The molecule has 1 aliphatic rings. The van der Waals surface area contributed by atoms with Gasteiger partial charge >= 0.3 is 6.18 Å². The maximum atomic E-state index is 13.2. The molecule has 0 saturated carbocycles. The summed E-state index contributed by atoms with van der Waals surface area (Å²) < 4.78 is 39.6. The Balaban J connectivity index is 1.84. The lowest BCUT2D eigenvalue weighted by Crippen LogP contribution is -2.44. The second-order valence-corrected chi connectivity index (χ2v) is 6.71. The van der Waals surface area contributed by atoms with Gasteiger partial charge in [-0.15, -0.1) is 0 Å². The molecular weight excluding hydrogens is 365 g/mol. The van der Waals surface area contributed by atoms with Gasteiger partial charge in [0.1, 0.15) is 6.04 Å². The first kappa shape index (κ1) is 18.6. The number of anilines is 2. The van der Waals surface area contributed by atoms with Crippen molar-refractivity contribution in [2.45, 2.75) is 32.0 Å². The molecule has 1 heterocycles. The molecule has 0 radical (unpaired) electrons. The summed E-state index contributed by atoms with van der Waals surface area (Å²) in [7, 11) is 0. The van der Waals surface area contributed by atoms with Gasteiger partial charge in [0.15, 0.2) is 0 Å². The molecule has 1 amide bonds. The molecule has 0 bridgehead atoms. The smallest absolute Gasteiger partial charge is 0.360 e. The van der Waals surface area contributed by atoms with Crippen LogP contribution in [0, 0.1) is 0 Å². The highest BCUT2D eigenvalue weighted by Crippen LogP contribution is 2.37. The van der Waals surface area contributed by atoms with Gasteiger partial charge in [0.2, 0.25) is 5.91 Å². The number of rotatable bonds is 3. The summed E-state index contributed by atoms with van der Waals surface area (Å²) in [5.74, 6) is -0.491. The summed E-state index contributed by atoms with van der Waals surface area (Å²) in [6.07, 6.45) is -2.78. The maximum Gasteiger partial charge on any atom is 0.418 e. The molecule has 1 aliphatic heterocycles. The van der Waals surface area contributed by atoms with E-state index in [2.05, 4.69) is 5.32 Å². The summed E-state index contributed by atoms with van der Waals surface area (Å²) in [6.45, 7) is 2.37.